The molecule has 5 nitrogen and oxygen atoms in total. The van der Waals surface area contributed by atoms with Gasteiger partial charge in [-0.1, -0.05) is 24.3 Å². The van der Waals surface area contributed by atoms with Gasteiger partial charge < -0.3 is 9.47 Å². The zero-order chi connectivity index (χ0) is 15.4. The molecule has 0 atom stereocenters. The minimum atomic E-state index is -0.601. The van der Waals surface area contributed by atoms with Crippen molar-refractivity contribution in [3.05, 3.63) is 53.3 Å². The summed E-state index contributed by atoms with van der Waals surface area (Å²) in [6.07, 6.45) is 0. The van der Waals surface area contributed by atoms with Gasteiger partial charge in [-0.05, 0) is 35.7 Å². The molecule has 0 amide bonds. The predicted molar refractivity (Wildman–Crippen MR) is 77.1 cm³/mol. The van der Waals surface area contributed by atoms with Gasteiger partial charge in [0.15, 0.2) is 0 Å². The summed E-state index contributed by atoms with van der Waals surface area (Å²) in [5.74, 6) is -1.20. The molecule has 108 valence electrons. The first-order valence-corrected chi connectivity index (χ1v) is 6.31. The number of benzene rings is 1. The summed E-state index contributed by atoms with van der Waals surface area (Å²) in [5.41, 5.74) is 2.78. The van der Waals surface area contributed by atoms with Gasteiger partial charge in [0.2, 0.25) is 0 Å². The number of esters is 2. The zero-order valence-corrected chi connectivity index (χ0v) is 12.0. The van der Waals surface area contributed by atoms with Gasteiger partial charge in [0, 0.05) is 0 Å². The Morgan fingerprint density at radius 3 is 1.95 bits per heavy atom. The Kier molecular flexibility index (Phi) is 4.33. The van der Waals surface area contributed by atoms with E-state index in [9.17, 15) is 9.59 Å². The molecule has 0 spiro atoms. The minimum absolute atomic E-state index is 0.0682. The summed E-state index contributed by atoms with van der Waals surface area (Å²) >= 11 is 0. The van der Waals surface area contributed by atoms with E-state index in [2.05, 4.69) is 14.5 Å². The summed E-state index contributed by atoms with van der Waals surface area (Å²) in [7, 11) is 2.53. The molecule has 0 fully saturated rings. The number of rotatable bonds is 3. The number of carbonyl (C=O) groups is 2. The maximum Gasteiger partial charge on any atom is 0.356 e. The third-order valence-corrected chi connectivity index (χ3v) is 3.07. The smallest absolute Gasteiger partial charge is 0.356 e. The van der Waals surface area contributed by atoms with Crippen molar-refractivity contribution in [1.29, 1.82) is 0 Å². The van der Waals surface area contributed by atoms with E-state index in [1.165, 1.54) is 14.2 Å². The molecular formula is C16H15NO4. The second-order valence-electron chi connectivity index (χ2n) is 4.42. The summed E-state index contributed by atoms with van der Waals surface area (Å²) in [6, 6.07) is 10.9. The van der Waals surface area contributed by atoms with E-state index in [0.29, 0.717) is 5.56 Å². The average Bonchev–Trinajstić information content (AvgIpc) is 2.53. The van der Waals surface area contributed by atoms with Crippen LogP contribution in [0.5, 0.6) is 0 Å². The predicted octanol–water partition coefficient (Wildman–Crippen LogP) is 2.63. The minimum Gasteiger partial charge on any atom is -0.464 e. The Morgan fingerprint density at radius 2 is 1.48 bits per heavy atom. The summed E-state index contributed by atoms with van der Waals surface area (Å²) in [4.78, 5) is 27.4. The molecule has 2 rings (SSSR count). The maximum atomic E-state index is 11.7. The van der Waals surface area contributed by atoms with Crippen LogP contribution >= 0.6 is 0 Å². The first-order chi connectivity index (χ1) is 10.1. The Bertz CT molecular complexity index is 660. The van der Waals surface area contributed by atoms with Crippen LogP contribution in [0.2, 0.25) is 0 Å². The molecule has 1 aromatic heterocycles. The van der Waals surface area contributed by atoms with Gasteiger partial charge in [-0.2, -0.15) is 0 Å². The van der Waals surface area contributed by atoms with Gasteiger partial charge in [0.1, 0.15) is 11.4 Å². The summed E-state index contributed by atoms with van der Waals surface area (Å²) < 4.78 is 9.34. The summed E-state index contributed by atoms with van der Waals surface area (Å²) in [6.45, 7) is 1.95. The molecular weight excluding hydrogens is 270 g/mol. The lowest BCUT2D eigenvalue weighted by Crippen LogP contribution is -2.11. The molecule has 0 aliphatic heterocycles. The van der Waals surface area contributed by atoms with Crippen molar-refractivity contribution < 1.29 is 19.1 Å². The van der Waals surface area contributed by atoms with Crippen LogP contribution < -0.4 is 0 Å². The Hall–Kier alpha value is -2.69. The second kappa shape index (κ2) is 6.17. The van der Waals surface area contributed by atoms with Crippen molar-refractivity contribution in [3.8, 4) is 11.1 Å². The largest absolute Gasteiger partial charge is 0.464 e. The van der Waals surface area contributed by atoms with E-state index in [4.69, 9.17) is 0 Å². The van der Waals surface area contributed by atoms with Crippen LogP contribution in [0.15, 0.2) is 36.4 Å². The van der Waals surface area contributed by atoms with Crippen molar-refractivity contribution in [2.24, 2.45) is 0 Å². The zero-order valence-electron chi connectivity index (χ0n) is 12.0. The van der Waals surface area contributed by atoms with Crippen LogP contribution in [0.25, 0.3) is 11.1 Å². The Balaban J connectivity index is 2.63. The number of carbonyl (C=O) groups excluding carboxylic acids is 2. The topological polar surface area (TPSA) is 65.5 Å². The van der Waals surface area contributed by atoms with Gasteiger partial charge in [-0.3, -0.25) is 0 Å². The maximum absolute atomic E-state index is 11.7. The van der Waals surface area contributed by atoms with Gasteiger partial charge in [0.25, 0.3) is 0 Å². The first kappa shape index (κ1) is 14.7. The third kappa shape index (κ3) is 3.08. The van der Waals surface area contributed by atoms with Gasteiger partial charge in [0.05, 0.1) is 14.2 Å². The van der Waals surface area contributed by atoms with E-state index >= 15 is 0 Å². The number of nitrogens with zero attached hydrogens (tertiary/aromatic N) is 1. The number of aryl methyl sites for hydroxylation is 1. The molecule has 0 N–H and O–H groups in total. The molecule has 5 heteroatoms. The first-order valence-electron chi connectivity index (χ1n) is 6.31. The fraction of sp³-hybridized carbons (Fsp3) is 0.188. The van der Waals surface area contributed by atoms with Gasteiger partial charge >= 0.3 is 11.9 Å². The van der Waals surface area contributed by atoms with Crippen molar-refractivity contribution in [2.45, 2.75) is 6.92 Å². The average molecular weight is 285 g/mol. The third-order valence-electron chi connectivity index (χ3n) is 3.07. The molecule has 0 unspecified atom stereocenters. The van der Waals surface area contributed by atoms with Crippen LogP contribution in [0, 0.1) is 6.92 Å². The SMILES string of the molecule is COC(=O)c1cc(-c2ccccc2C)cc(C(=O)OC)n1. The van der Waals surface area contributed by atoms with Crippen LogP contribution in [-0.4, -0.2) is 31.1 Å². The molecule has 0 radical (unpaired) electrons. The Labute approximate surface area is 122 Å². The monoisotopic (exact) mass is 285 g/mol. The molecule has 0 saturated carbocycles. The number of pyridine rings is 1. The lowest BCUT2D eigenvalue weighted by molar-refractivity contribution is 0.0586. The molecule has 1 heterocycles. The number of methoxy groups -OCH3 is 2. The molecule has 0 saturated heterocycles. The van der Waals surface area contributed by atoms with E-state index in [1.54, 1.807) is 12.1 Å². The quantitative estimate of drug-likeness (QED) is 0.811. The van der Waals surface area contributed by atoms with Crippen LogP contribution in [0.4, 0.5) is 0 Å². The number of hydrogen-bond acceptors (Lipinski definition) is 5. The molecule has 1 aromatic carbocycles. The fourth-order valence-corrected chi connectivity index (χ4v) is 2.00. The van der Waals surface area contributed by atoms with E-state index in [1.807, 2.05) is 31.2 Å². The molecule has 0 aliphatic carbocycles. The number of hydrogen-bond donors (Lipinski definition) is 0. The van der Waals surface area contributed by atoms with Crippen molar-refractivity contribution >= 4 is 11.9 Å². The Morgan fingerprint density at radius 1 is 0.952 bits per heavy atom. The molecule has 2 aromatic rings. The highest BCUT2D eigenvalue weighted by atomic mass is 16.5. The molecule has 0 aliphatic rings. The van der Waals surface area contributed by atoms with Crippen molar-refractivity contribution in [1.82, 2.24) is 4.98 Å². The number of ether oxygens (including phenoxy) is 2. The molecule has 0 bridgehead atoms. The standard InChI is InChI=1S/C16H15NO4/c1-10-6-4-5-7-12(10)11-8-13(15(18)20-2)17-14(9-11)16(19)21-3/h4-9H,1-3H3. The van der Waals surface area contributed by atoms with Crippen LogP contribution in [0.1, 0.15) is 26.5 Å². The number of aromatic nitrogens is 1. The van der Waals surface area contributed by atoms with Crippen molar-refractivity contribution in [3.63, 3.8) is 0 Å². The van der Waals surface area contributed by atoms with Crippen LogP contribution in [0.3, 0.4) is 0 Å². The lowest BCUT2D eigenvalue weighted by Gasteiger charge is -2.09. The summed E-state index contributed by atoms with van der Waals surface area (Å²) in [5, 5.41) is 0. The van der Waals surface area contributed by atoms with E-state index in [0.717, 1.165) is 11.1 Å². The highest BCUT2D eigenvalue weighted by Gasteiger charge is 2.16. The van der Waals surface area contributed by atoms with Crippen LogP contribution in [-0.2, 0) is 9.47 Å². The van der Waals surface area contributed by atoms with E-state index in [-0.39, 0.29) is 11.4 Å². The fourth-order valence-electron chi connectivity index (χ4n) is 2.00. The molecule has 21 heavy (non-hydrogen) atoms. The highest BCUT2D eigenvalue weighted by Crippen LogP contribution is 2.25. The van der Waals surface area contributed by atoms with Crippen molar-refractivity contribution in [2.75, 3.05) is 14.2 Å². The highest BCUT2D eigenvalue weighted by molar-refractivity contribution is 5.94. The lowest BCUT2D eigenvalue weighted by atomic mass is 10.00. The van der Waals surface area contributed by atoms with Gasteiger partial charge in [-0.15, -0.1) is 0 Å². The normalized spacial score (nSPS) is 10.0. The van der Waals surface area contributed by atoms with E-state index < -0.39 is 11.9 Å². The van der Waals surface area contributed by atoms with Gasteiger partial charge in [-0.25, -0.2) is 14.6 Å². The second-order valence-corrected chi connectivity index (χ2v) is 4.42.